The predicted molar refractivity (Wildman–Crippen MR) is 69.9 cm³/mol. The Hall–Kier alpha value is -1.59. The van der Waals surface area contributed by atoms with E-state index >= 15 is 0 Å². The van der Waals surface area contributed by atoms with E-state index in [9.17, 15) is 4.79 Å². The lowest BCUT2D eigenvalue weighted by molar-refractivity contribution is 0.0748. The van der Waals surface area contributed by atoms with Gasteiger partial charge in [0.2, 0.25) is 0 Å². The molecule has 1 aliphatic rings. The maximum absolute atomic E-state index is 12.0. The van der Waals surface area contributed by atoms with Crippen molar-refractivity contribution in [3.8, 4) is 0 Å². The molecule has 1 fully saturated rings. The summed E-state index contributed by atoms with van der Waals surface area (Å²) in [5.74, 6) is 5.53. The standard InChI is InChI=1S/C13H19N3O2/c14-18-10-11-6-8-16(9-7-11)13(17)15-12-4-2-1-3-5-12/h1-5,11H,6-10,14H2,(H,15,17). The molecule has 1 aromatic rings. The second kappa shape index (κ2) is 6.37. The number of piperidine rings is 1. The van der Waals surface area contributed by atoms with Crippen molar-refractivity contribution in [3.63, 3.8) is 0 Å². The molecule has 18 heavy (non-hydrogen) atoms. The molecule has 1 aromatic carbocycles. The average Bonchev–Trinajstić information content (AvgIpc) is 2.41. The normalized spacial score (nSPS) is 16.6. The second-order valence-electron chi connectivity index (χ2n) is 4.56. The number of rotatable bonds is 3. The van der Waals surface area contributed by atoms with Crippen LogP contribution in [0.4, 0.5) is 10.5 Å². The van der Waals surface area contributed by atoms with E-state index < -0.39 is 0 Å². The highest BCUT2D eigenvalue weighted by Gasteiger charge is 2.22. The van der Waals surface area contributed by atoms with Crippen LogP contribution in [0.25, 0.3) is 0 Å². The van der Waals surface area contributed by atoms with Gasteiger partial charge in [0.15, 0.2) is 0 Å². The molecule has 0 radical (unpaired) electrons. The minimum absolute atomic E-state index is 0.0340. The summed E-state index contributed by atoms with van der Waals surface area (Å²) in [4.78, 5) is 18.5. The molecule has 0 aromatic heterocycles. The van der Waals surface area contributed by atoms with E-state index in [1.807, 2.05) is 35.2 Å². The van der Waals surface area contributed by atoms with Crippen LogP contribution >= 0.6 is 0 Å². The summed E-state index contributed by atoms with van der Waals surface area (Å²) in [6.45, 7) is 2.09. The largest absolute Gasteiger partial charge is 0.325 e. The van der Waals surface area contributed by atoms with Gasteiger partial charge in [-0.1, -0.05) is 18.2 Å². The third-order valence-electron chi connectivity index (χ3n) is 3.26. The van der Waals surface area contributed by atoms with Crippen LogP contribution in [0.1, 0.15) is 12.8 Å². The van der Waals surface area contributed by atoms with Gasteiger partial charge in [-0.3, -0.25) is 0 Å². The lowest BCUT2D eigenvalue weighted by Gasteiger charge is -2.31. The van der Waals surface area contributed by atoms with Crippen LogP contribution < -0.4 is 11.2 Å². The van der Waals surface area contributed by atoms with Gasteiger partial charge in [-0.15, -0.1) is 0 Å². The first-order valence-corrected chi connectivity index (χ1v) is 6.22. The Labute approximate surface area is 107 Å². The van der Waals surface area contributed by atoms with Gasteiger partial charge in [0, 0.05) is 18.8 Å². The molecule has 0 atom stereocenters. The fraction of sp³-hybridized carbons (Fsp3) is 0.462. The number of amides is 2. The first-order valence-electron chi connectivity index (χ1n) is 6.22. The van der Waals surface area contributed by atoms with Gasteiger partial charge in [0.25, 0.3) is 0 Å². The van der Waals surface area contributed by atoms with Crippen molar-refractivity contribution in [2.45, 2.75) is 12.8 Å². The number of benzene rings is 1. The van der Waals surface area contributed by atoms with Crippen LogP contribution in [-0.4, -0.2) is 30.6 Å². The summed E-state index contributed by atoms with van der Waals surface area (Å²) in [7, 11) is 0. The van der Waals surface area contributed by atoms with Crippen LogP contribution in [0, 0.1) is 5.92 Å². The Morgan fingerprint density at radius 2 is 2.00 bits per heavy atom. The Morgan fingerprint density at radius 1 is 1.33 bits per heavy atom. The highest BCUT2D eigenvalue weighted by atomic mass is 16.6. The van der Waals surface area contributed by atoms with Gasteiger partial charge in [0.1, 0.15) is 0 Å². The first-order chi connectivity index (χ1) is 8.79. The zero-order valence-corrected chi connectivity index (χ0v) is 10.3. The number of carbonyl (C=O) groups excluding carboxylic acids is 1. The van der Waals surface area contributed by atoms with Gasteiger partial charge in [0.05, 0.1) is 6.61 Å². The number of likely N-dealkylation sites (tertiary alicyclic amines) is 1. The number of para-hydroxylation sites is 1. The number of nitrogens with two attached hydrogens (primary N) is 1. The molecule has 3 N–H and O–H groups in total. The van der Waals surface area contributed by atoms with Crippen LogP contribution in [0.3, 0.4) is 0 Å². The number of hydrogen-bond acceptors (Lipinski definition) is 3. The molecule has 1 saturated heterocycles. The highest BCUT2D eigenvalue weighted by molar-refractivity contribution is 5.89. The van der Waals surface area contributed by atoms with Gasteiger partial charge in [-0.05, 0) is 30.9 Å². The lowest BCUT2D eigenvalue weighted by atomic mass is 9.98. The summed E-state index contributed by atoms with van der Waals surface area (Å²) in [6, 6.07) is 9.46. The molecule has 0 aliphatic carbocycles. The highest BCUT2D eigenvalue weighted by Crippen LogP contribution is 2.18. The average molecular weight is 249 g/mol. The van der Waals surface area contributed by atoms with Gasteiger partial charge >= 0.3 is 6.03 Å². The first kappa shape index (κ1) is 12.9. The maximum atomic E-state index is 12.0. The number of anilines is 1. The molecule has 0 spiro atoms. The maximum Gasteiger partial charge on any atom is 0.321 e. The van der Waals surface area contributed by atoms with Crippen molar-refractivity contribution in [2.24, 2.45) is 11.8 Å². The minimum Gasteiger partial charge on any atom is -0.325 e. The second-order valence-corrected chi connectivity index (χ2v) is 4.56. The monoisotopic (exact) mass is 249 g/mol. The summed E-state index contributed by atoms with van der Waals surface area (Å²) >= 11 is 0. The Bertz CT molecular complexity index is 375. The van der Waals surface area contributed by atoms with E-state index in [0.717, 1.165) is 31.6 Å². The van der Waals surface area contributed by atoms with Crippen LogP contribution in [-0.2, 0) is 4.84 Å². The molecule has 1 aliphatic heterocycles. The van der Waals surface area contributed by atoms with E-state index in [1.165, 1.54) is 0 Å². The van der Waals surface area contributed by atoms with Crippen molar-refractivity contribution >= 4 is 11.7 Å². The Kier molecular flexibility index (Phi) is 4.55. The number of hydrogen-bond donors (Lipinski definition) is 2. The van der Waals surface area contributed by atoms with Crippen molar-refractivity contribution in [1.29, 1.82) is 0 Å². The van der Waals surface area contributed by atoms with E-state index in [-0.39, 0.29) is 6.03 Å². The quantitative estimate of drug-likeness (QED) is 0.803. The third kappa shape index (κ3) is 3.45. The van der Waals surface area contributed by atoms with Crippen molar-refractivity contribution in [3.05, 3.63) is 30.3 Å². The van der Waals surface area contributed by atoms with Gasteiger partial charge in [-0.2, -0.15) is 0 Å². The number of urea groups is 1. The van der Waals surface area contributed by atoms with E-state index in [2.05, 4.69) is 10.2 Å². The third-order valence-corrected chi connectivity index (χ3v) is 3.26. The molecule has 5 heteroatoms. The molecule has 0 bridgehead atoms. The molecule has 2 rings (SSSR count). The fourth-order valence-electron chi connectivity index (χ4n) is 2.16. The zero-order valence-electron chi connectivity index (χ0n) is 10.3. The van der Waals surface area contributed by atoms with Gasteiger partial charge in [-0.25, -0.2) is 10.7 Å². The lowest BCUT2D eigenvalue weighted by Crippen LogP contribution is -2.41. The zero-order chi connectivity index (χ0) is 12.8. The van der Waals surface area contributed by atoms with Crippen LogP contribution in [0.15, 0.2) is 30.3 Å². The smallest absolute Gasteiger partial charge is 0.321 e. The summed E-state index contributed by atoms with van der Waals surface area (Å²) in [5.41, 5.74) is 0.829. The summed E-state index contributed by atoms with van der Waals surface area (Å²) < 4.78 is 0. The fourth-order valence-corrected chi connectivity index (χ4v) is 2.16. The molecular weight excluding hydrogens is 230 g/mol. The number of carbonyl (C=O) groups is 1. The summed E-state index contributed by atoms with van der Waals surface area (Å²) in [5, 5.41) is 2.89. The predicted octanol–water partition coefficient (Wildman–Crippen LogP) is 1.82. The van der Waals surface area contributed by atoms with E-state index in [1.54, 1.807) is 0 Å². The molecule has 2 amide bonds. The van der Waals surface area contributed by atoms with Gasteiger partial charge < -0.3 is 15.1 Å². The Balaban J connectivity index is 1.81. The molecule has 98 valence electrons. The van der Waals surface area contributed by atoms with E-state index in [4.69, 9.17) is 5.90 Å². The van der Waals surface area contributed by atoms with E-state index in [0.29, 0.717) is 12.5 Å². The van der Waals surface area contributed by atoms with Crippen LogP contribution in [0.5, 0.6) is 0 Å². The number of nitrogens with one attached hydrogen (secondary N) is 1. The molecule has 0 saturated carbocycles. The van der Waals surface area contributed by atoms with Crippen molar-refractivity contribution in [2.75, 3.05) is 25.0 Å². The topological polar surface area (TPSA) is 67.6 Å². The SMILES string of the molecule is NOCC1CCN(C(=O)Nc2ccccc2)CC1. The molecular formula is C13H19N3O2. The Morgan fingerprint density at radius 3 is 2.61 bits per heavy atom. The molecule has 1 heterocycles. The summed E-state index contributed by atoms with van der Waals surface area (Å²) in [6.07, 6.45) is 1.89. The van der Waals surface area contributed by atoms with Crippen molar-refractivity contribution in [1.82, 2.24) is 4.90 Å². The molecule has 5 nitrogen and oxygen atoms in total. The minimum atomic E-state index is -0.0340. The van der Waals surface area contributed by atoms with Crippen molar-refractivity contribution < 1.29 is 9.63 Å². The van der Waals surface area contributed by atoms with Crippen LogP contribution in [0.2, 0.25) is 0 Å². The molecule has 0 unspecified atom stereocenters. The number of nitrogens with zero attached hydrogens (tertiary/aromatic N) is 1.